The van der Waals surface area contributed by atoms with Crippen LogP contribution < -0.4 is 11.1 Å². The summed E-state index contributed by atoms with van der Waals surface area (Å²) in [5.74, 6) is 0.261. The normalized spacial score (nSPS) is 25.0. The number of piperidine rings is 1. The number of allylic oxidation sites excluding steroid dienone is 1. The van der Waals surface area contributed by atoms with Crippen LogP contribution in [0.15, 0.2) is 34.9 Å². The molecular formula is C17H22ClN3OS. The van der Waals surface area contributed by atoms with Crippen molar-refractivity contribution in [3.05, 3.63) is 45.5 Å². The Balaban J connectivity index is 1.85. The van der Waals surface area contributed by atoms with E-state index in [1.807, 2.05) is 31.2 Å². The molecule has 1 aromatic rings. The number of carbonyl (C=O) groups is 1. The SMILES string of the molecule is CC1=C(C(N)=O)SC(c2ccc(Cl)cc2)N1CC1CCCNC1. The second-order valence-corrected chi connectivity index (χ2v) is 7.69. The predicted molar refractivity (Wildman–Crippen MR) is 96.0 cm³/mol. The molecule has 4 nitrogen and oxygen atoms in total. The van der Waals surface area contributed by atoms with Gasteiger partial charge >= 0.3 is 0 Å². The van der Waals surface area contributed by atoms with E-state index in [1.54, 1.807) is 11.8 Å². The molecular weight excluding hydrogens is 330 g/mol. The smallest absolute Gasteiger partial charge is 0.256 e. The van der Waals surface area contributed by atoms with E-state index in [9.17, 15) is 4.79 Å². The van der Waals surface area contributed by atoms with Gasteiger partial charge in [-0.3, -0.25) is 4.79 Å². The van der Waals surface area contributed by atoms with Crippen molar-refractivity contribution in [2.45, 2.75) is 25.1 Å². The summed E-state index contributed by atoms with van der Waals surface area (Å²) in [6, 6.07) is 7.86. The fraction of sp³-hybridized carbons (Fsp3) is 0.471. The van der Waals surface area contributed by atoms with Gasteiger partial charge in [-0.2, -0.15) is 0 Å². The molecule has 1 fully saturated rings. The standard InChI is InChI=1S/C17H22ClN3OS/c1-11-15(16(19)22)23-17(13-4-6-14(18)7-5-13)21(11)10-12-3-2-8-20-9-12/h4-7,12,17,20H,2-3,8-10H2,1H3,(H2,19,22). The number of hydrogen-bond donors (Lipinski definition) is 2. The molecule has 1 amide bonds. The molecule has 0 bridgehead atoms. The molecule has 0 radical (unpaired) electrons. The molecule has 3 N–H and O–H groups in total. The van der Waals surface area contributed by atoms with Crippen LogP contribution in [0, 0.1) is 5.92 Å². The number of rotatable bonds is 4. The van der Waals surface area contributed by atoms with E-state index < -0.39 is 0 Å². The number of hydrogen-bond acceptors (Lipinski definition) is 4. The Morgan fingerprint density at radius 2 is 2.17 bits per heavy atom. The molecule has 23 heavy (non-hydrogen) atoms. The summed E-state index contributed by atoms with van der Waals surface area (Å²) in [5.41, 5.74) is 7.72. The molecule has 2 aliphatic heterocycles. The maximum Gasteiger partial charge on any atom is 0.256 e. The van der Waals surface area contributed by atoms with Gasteiger partial charge in [0.1, 0.15) is 5.37 Å². The maximum absolute atomic E-state index is 11.8. The van der Waals surface area contributed by atoms with Crippen molar-refractivity contribution >= 4 is 29.3 Å². The van der Waals surface area contributed by atoms with Crippen LogP contribution in [0.2, 0.25) is 5.02 Å². The predicted octanol–water partition coefficient (Wildman–Crippen LogP) is 3.10. The molecule has 0 saturated carbocycles. The lowest BCUT2D eigenvalue weighted by atomic mass is 9.98. The minimum Gasteiger partial charge on any atom is -0.365 e. The fourth-order valence-corrected chi connectivity index (χ4v) is 4.69. The van der Waals surface area contributed by atoms with Gasteiger partial charge < -0.3 is 16.0 Å². The molecule has 1 saturated heterocycles. The van der Waals surface area contributed by atoms with Gasteiger partial charge in [-0.15, -0.1) is 0 Å². The number of benzene rings is 1. The van der Waals surface area contributed by atoms with Crippen LogP contribution in [-0.4, -0.2) is 30.4 Å². The highest BCUT2D eigenvalue weighted by atomic mass is 35.5. The highest BCUT2D eigenvalue weighted by Gasteiger charge is 2.35. The number of thioether (sulfide) groups is 1. The first-order valence-electron chi connectivity index (χ1n) is 7.96. The number of amides is 1. The molecule has 2 aliphatic rings. The summed E-state index contributed by atoms with van der Waals surface area (Å²) in [5, 5.41) is 4.28. The average Bonchev–Trinajstić information content (AvgIpc) is 2.87. The second-order valence-electron chi connectivity index (χ2n) is 6.17. The third kappa shape index (κ3) is 3.67. The zero-order valence-corrected chi connectivity index (χ0v) is 14.8. The summed E-state index contributed by atoms with van der Waals surface area (Å²) >= 11 is 7.55. The second kappa shape index (κ2) is 7.16. The van der Waals surface area contributed by atoms with E-state index in [-0.39, 0.29) is 11.3 Å². The lowest BCUT2D eigenvalue weighted by Gasteiger charge is -2.33. The number of carbonyl (C=O) groups excluding carboxylic acids is 1. The van der Waals surface area contributed by atoms with Crippen LogP contribution in [-0.2, 0) is 4.79 Å². The summed E-state index contributed by atoms with van der Waals surface area (Å²) in [6.45, 7) is 5.08. The van der Waals surface area contributed by atoms with Gasteiger partial charge in [-0.1, -0.05) is 35.5 Å². The van der Waals surface area contributed by atoms with E-state index >= 15 is 0 Å². The molecule has 0 aliphatic carbocycles. The number of halogens is 1. The summed E-state index contributed by atoms with van der Waals surface area (Å²) < 4.78 is 0. The van der Waals surface area contributed by atoms with E-state index in [2.05, 4.69) is 10.2 Å². The van der Waals surface area contributed by atoms with Gasteiger partial charge in [0, 0.05) is 17.3 Å². The zero-order valence-electron chi connectivity index (χ0n) is 13.2. The van der Waals surface area contributed by atoms with Crippen molar-refractivity contribution < 1.29 is 4.79 Å². The molecule has 2 unspecified atom stereocenters. The summed E-state index contributed by atoms with van der Waals surface area (Å²) in [4.78, 5) is 14.8. The van der Waals surface area contributed by atoms with Gasteiger partial charge in [0.05, 0.1) is 4.91 Å². The highest BCUT2D eigenvalue weighted by Crippen LogP contribution is 2.48. The van der Waals surface area contributed by atoms with Gasteiger partial charge in [0.2, 0.25) is 0 Å². The topological polar surface area (TPSA) is 58.4 Å². The van der Waals surface area contributed by atoms with Crippen LogP contribution in [0.25, 0.3) is 0 Å². The largest absolute Gasteiger partial charge is 0.365 e. The molecule has 6 heteroatoms. The molecule has 2 atom stereocenters. The van der Waals surface area contributed by atoms with E-state index in [1.165, 1.54) is 12.8 Å². The molecule has 2 heterocycles. The lowest BCUT2D eigenvalue weighted by Crippen LogP contribution is -2.37. The number of nitrogens with two attached hydrogens (primary N) is 1. The monoisotopic (exact) mass is 351 g/mol. The lowest BCUT2D eigenvalue weighted by molar-refractivity contribution is -0.114. The molecule has 0 aromatic heterocycles. The van der Waals surface area contributed by atoms with Crippen LogP contribution in [0.4, 0.5) is 0 Å². The quantitative estimate of drug-likeness (QED) is 0.875. The zero-order chi connectivity index (χ0) is 16.4. The fourth-order valence-electron chi connectivity index (χ4n) is 3.27. The van der Waals surface area contributed by atoms with Gasteiger partial charge in [-0.05, 0) is 56.5 Å². The Hall–Kier alpha value is -1.17. The minimum atomic E-state index is -0.337. The summed E-state index contributed by atoms with van der Waals surface area (Å²) in [6.07, 6.45) is 2.43. The Morgan fingerprint density at radius 1 is 1.43 bits per heavy atom. The Kier molecular flexibility index (Phi) is 5.19. The van der Waals surface area contributed by atoms with Crippen LogP contribution >= 0.6 is 23.4 Å². The van der Waals surface area contributed by atoms with Crippen LogP contribution in [0.5, 0.6) is 0 Å². The van der Waals surface area contributed by atoms with E-state index in [0.29, 0.717) is 10.8 Å². The Labute approximate surface area is 146 Å². The summed E-state index contributed by atoms with van der Waals surface area (Å²) in [7, 11) is 0. The van der Waals surface area contributed by atoms with Crippen molar-refractivity contribution in [2.75, 3.05) is 19.6 Å². The average molecular weight is 352 g/mol. The van der Waals surface area contributed by atoms with Crippen LogP contribution in [0.1, 0.15) is 30.7 Å². The highest BCUT2D eigenvalue weighted by molar-refractivity contribution is 8.04. The number of primary amides is 1. The van der Waals surface area contributed by atoms with Crippen molar-refractivity contribution in [3.8, 4) is 0 Å². The van der Waals surface area contributed by atoms with Gasteiger partial charge in [-0.25, -0.2) is 0 Å². The molecule has 124 valence electrons. The number of nitrogens with one attached hydrogen (secondary N) is 1. The molecule has 3 rings (SSSR count). The van der Waals surface area contributed by atoms with Crippen molar-refractivity contribution in [1.82, 2.24) is 10.2 Å². The first kappa shape index (κ1) is 16.7. The minimum absolute atomic E-state index is 0.0942. The third-order valence-corrected chi connectivity index (χ3v) is 6.24. The molecule has 1 aromatic carbocycles. The maximum atomic E-state index is 11.8. The first-order valence-corrected chi connectivity index (χ1v) is 9.22. The van der Waals surface area contributed by atoms with Crippen LogP contribution in [0.3, 0.4) is 0 Å². The van der Waals surface area contributed by atoms with Gasteiger partial charge in [0.25, 0.3) is 5.91 Å². The number of nitrogens with zero attached hydrogens (tertiary/aromatic N) is 1. The Bertz CT molecular complexity index is 611. The first-order chi connectivity index (χ1) is 11.1. The van der Waals surface area contributed by atoms with Crippen molar-refractivity contribution in [3.63, 3.8) is 0 Å². The molecule has 0 spiro atoms. The Morgan fingerprint density at radius 3 is 2.78 bits per heavy atom. The third-order valence-electron chi connectivity index (χ3n) is 4.50. The van der Waals surface area contributed by atoms with E-state index in [0.717, 1.165) is 35.9 Å². The van der Waals surface area contributed by atoms with E-state index in [4.69, 9.17) is 17.3 Å². The van der Waals surface area contributed by atoms with Crippen molar-refractivity contribution in [1.29, 1.82) is 0 Å². The van der Waals surface area contributed by atoms with Crippen molar-refractivity contribution in [2.24, 2.45) is 11.7 Å². The van der Waals surface area contributed by atoms with Gasteiger partial charge in [0.15, 0.2) is 0 Å².